The molecule has 0 N–H and O–H groups in total. The van der Waals surface area contributed by atoms with Crippen LogP contribution in [0.1, 0.15) is 257 Å². The van der Waals surface area contributed by atoms with Crippen molar-refractivity contribution in [1.29, 1.82) is 0 Å². The van der Waals surface area contributed by atoms with E-state index >= 15 is 0 Å². The molecule has 0 atom stereocenters. The minimum absolute atomic E-state index is 0.888. The molecule has 0 radical (unpaired) electrons. The van der Waals surface area contributed by atoms with Crippen LogP contribution in [0.25, 0.3) is 0 Å². The number of benzene rings is 2. The molecule has 0 saturated carbocycles. The second-order valence-corrected chi connectivity index (χ2v) is 17.6. The molecule has 0 aliphatic heterocycles. The van der Waals surface area contributed by atoms with Crippen molar-refractivity contribution in [2.24, 2.45) is 9.98 Å². The van der Waals surface area contributed by atoms with Gasteiger partial charge >= 0.3 is 0 Å². The van der Waals surface area contributed by atoms with Gasteiger partial charge in [0.15, 0.2) is 0 Å². The van der Waals surface area contributed by atoms with Crippen LogP contribution in [0.2, 0.25) is 0 Å². The summed E-state index contributed by atoms with van der Waals surface area (Å²) in [6.07, 6.45) is 49.7. The lowest BCUT2D eigenvalue weighted by molar-refractivity contribution is 0.545. The SMILES string of the molecule is CCCCCCCCCCCCCCC#CCCc1ccccc1N=CC(CCCCCCCC)=Nc1ccccc1CCC#CCCCCCCCCCCCCCC. The van der Waals surface area contributed by atoms with Crippen LogP contribution in [0.3, 0.4) is 0 Å². The van der Waals surface area contributed by atoms with Gasteiger partial charge in [-0.3, -0.25) is 9.98 Å². The zero-order valence-corrected chi connectivity index (χ0v) is 39.8. The van der Waals surface area contributed by atoms with Gasteiger partial charge in [-0.2, -0.15) is 0 Å². The Morgan fingerprint density at radius 1 is 0.383 bits per heavy atom. The van der Waals surface area contributed by atoms with Gasteiger partial charge in [-0.25, -0.2) is 0 Å². The second kappa shape index (κ2) is 41.3. The number of hydrogen-bond donors (Lipinski definition) is 0. The summed E-state index contributed by atoms with van der Waals surface area (Å²) in [5.41, 5.74) is 5.76. The van der Waals surface area contributed by atoms with Gasteiger partial charge < -0.3 is 0 Å². The molecule has 0 aromatic heterocycles. The van der Waals surface area contributed by atoms with Crippen LogP contribution in [-0.2, 0) is 12.8 Å². The van der Waals surface area contributed by atoms with Crippen LogP contribution >= 0.6 is 0 Å². The van der Waals surface area contributed by atoms with Crippen LogP contribution in [0, 0.1) is 23.7 Å². The Morgan fingerprint density at radius 2 is 0.717 bits per heavy atom. The first-order chi connectivity index (χ1) is 29.8. The number of para-hydroxylation sites is 2. The van der Waals surface area contributed by atoms with E-state index in [1.165, 1.54) is 197 Å². The van der Waals surface area contributed by atoms with Crippen LogP contribution in [-0.4, -0.2) is 11.9 Å². The normalized spacial score (nSPS) is 11.5. The van der Waals surface area contributed by atoms with E-state index in [1.54, 1.807) is 0 Å². The van der Waals surface area contributed by atoms with E-state index in [0.717, 1.165) is 68.5 Å². The Labute approximate surface area is 373 Å². The van der Waals surface area contributed by atoms with Crippen molar-refractivity contribution in [1.82, 2.24) is 0 Å². The number of nitrogens with zero attached hydrogens (tertiary/aromatic N) is 2. The maximum absolute atomic E-state index is 5.27. The van der Waals surface area contributed by atoms with Gasteiger partial charge in [0.2, 0.25) is 0 Å². The van der Waals surface area contributed by atoms with Gasteiger partial charge in [0.05, 0.1) is 17.1 Å². The molecular weight excluding hydrogens is 725 g/mol. The molecule has 2 aromatic rings. The Balaban J connectivity index is 1.83. The number of unbranched alkanes of at least 4 members (excludes halogenated alkanes) is 29. The second-order valence-electron chi connectivity index (χ2n) is 17.6. The highest BCUT2D eigenvalue weighted by atomic mass is 14.8. The summed E-state index contributed by atoms with van der Waals surface area (Å²) >= 11 is 0. The summed E-state index contributed by atoms with van der Waals surface area (Å²) in [4.78, 5) is 10.3. The summed E-state index contributed by atoms with van der Waals surface area (Å²) < 4.78 is 0. The zero-order valence-electron chi connectivity index (χ0n) is 39.8. The van der Waals surface area contributed by atoms with Crippen molar-refractivity contribution < 1.29 is 0 Å². The molecule has 0 spiro atoms. The average Bonchev–Trinajstić information content (AvgIpc) is 3.27. The lowest BCUT2D eigenvalue weighted by Crippen LogP contribution is -2.01. The van der Waals surface area contributed by atoms with E-state index in [1.807, 2.05) is 0 Å². The summed E-state index contributed by atoms with van der Waals surface area (Å²) in [6, 6.07) is 17.3. The summed E-state index contributed by atoms with van der Waals surface area (Å²) in [7, 11) is 0. The standard InChI is InChI=1S/C58H92N2/c1-4-7-10-13-16-18-20-22-24-26-28-30-32-34-36-39-46-54-48-42-44-51-57(54)59-53-56(50-41-38-15-12-9-6-3)60-58-52-45-43-49-55(58)47-40-37-35-33-31-29-27-25-23-21-19-17-14-11-8-5-2/h42-45,48-49,51-53H,4-33,38-41,46-47,50H2,1-3H3. The third-order valence-electron chi connectivity index (χ3n) is 12.0. The lowest BCUT2D eigenvalue weighted by Gasteiger charge is -2.08. The Hall–Kier alpha value is -3.10. The monoisotopic (exact) mass is 817 g/mol. The molecular formula is C58H92N2. The molecule has 2 aromatic carbocycles. The first-order valence-corrected chi connectivity index (χ1v) is 26.0. The molecule has 2 nitrogen and oxygen atoms in total. The molecule has 0 saturated heterocycles. The van der Waals surface area contributed by atoms with Crippen LogP contribution < -0.4 is 0 Å². The van der Waals surface area contributed by atoms with Crippen molar-refractivity contribution in [3.63, 3.8) is 0 Å². The molecule has 0 fully saturated rings. The Kier molecular flexibility index (Phi) is 36.5. The fourth-order valence-corrected chi connectivity index (χ4v) is 8.07. The molecule has 0 aliphatic carbocycles. The summed E-state index contributed by atoms with van der Waals surface area (Å²) in [6.45, 7) is 6.88. The molecule has 334 valence electrons. The van der Waals surface area contributed by atoms with E-state index in [0.29, 0.717) is 0 Å². The first kappa shape index (κ1) is 53.0. The van der Waals surface area contributed by atoms with Crippen molar-refractivity contribution in [3.05, 3.63) is 59.7 Å². The predicted molar refractivity (Wildman–Crippen MR) is 270 cm³/mol. The number of rotatable bonds is 38. The number of aryl methyl sites for hydroxylation is 2. The fourth-order valence-electron chi connectivity index (χ4n) is 8.07. The van der Waals surface area contributed by atoms with Gasteiger partial charge in [-0.05, 0) is 61.8 Å². The van der Waals surface area contributed by atoms with Crippen LogP contribution in [0.5, 0.6) is 0 Å². The third kappa shape index (κ3) is 30.9. The van der Waals surface area contributed by atoms with Crippen LogP contribution in [0.15, 0.2) is 58.5 Å². The van der Waals surface area contributed by atoms with Gasteiger partial charge in [-0.15, -0.1) is 23.7 Å². The largest absolute Gasteiger partial charge is 0.255 e. The molecule has 0 unspecified atom stereocenters. The van der Waals surface area contributed by atoms with Crippen molar-refractivity contribution in [2.45, 2.75) is 258 Å². The van der Waals surface area contributed by atoms with Gasteiger partial charge in [0, 0.05) is 31.9 Å². The highest BCUT2D eigenvalue weighted by Gasteiger charge is 2.05. The topological polar surface area (TPSA) is 24.7 Å². The fraction of sp³-hybridized carbons (Fsp3) is 0.690. The number of hydrogen-bond acceptors (Lipinski definition) is 2. The van der Waals surface area contributed by atoms with E-state index in [9.17, 15) is 0 Å². The van der Waals surface area contributed by atoms with E-state index in [4.69, 9.17) is 9.98 Å². The van der Waals surface area contributed by atoms with Crippen LogP contribution in [0.4, 0.5) is 11.4 Å². The van der Waals surface area contributed by atoms with Crippen molar-refractivity contribution >= 4 is 23.3 Å². The molecule has 2 heteroatoms. The lowest BCUT2D eigenvalue weighted by atomic mass is 10.0. The quantitative estimate of drug-likeness (QED) is 0.0366. The summed E-state index contributed by atoms with van der Waals surface area (Å²) in [5.74, 6) is 13.9. The number of aliphatic imine (C=N–C) groups is 2. The van der Waals surface area contributed by atoms with Crippen molar-refractivity contribution in [3.8, 4) is 23.7 Å². The van der Waals surface area contributed by atoms with E-state index in [2.05, 4.69) is 99.2 Å². The predicted octanol–water partition coefficient (Wildman–Crippen LogP) is 19.0. The minimum atomic E-state index is 0.888. The minimum Gasteiger partial charge on any atom is -0.255 e. The highest BCUT2D eigenvalue weighted by Crippen LogP contribution is 2.24. The van der Waals surface area contributed by atoms with Gasteiger partial charge in [0.1, 0.15) is 0 Å². The molecule has 0 aliphatic rings. The van der Waals surface area contributed by atoms with Crippen molar-refractivity contribution in [2.75, 3.05) is 0 Å². The van der Waals surface area contributed by atoms with E-state index < -0.39 is 0 Å². The maximum atomic E-state index is 5.27. The molecule has 60 heavy (non-hydrogen) atoms. The average molecular weight is 817 g/mol. The Morgan fingerprint density at radius 3 is 1.15 bits per heavy atom. The van der Waals surface area contributed by atoms with E-state index in [-0.39, 0.29) is 0 Å². The zero-order chi connectivity index (χ0) is 42.7. The molecule has 0 bridgehead atoms. The highest BCUT2D eigenvalue weighted by molar-refractivity contribution is 6.31. The third-order valence-corrected chi connectivity index (χ3v) is 12.0. The first-order valence-electron chi connectivity index (χ1n) is 26.0. The van der Waals surface area contributed by atoms with Gasteiger partial charge in [0.25, 0.3) is 0 Å². The molecule has 2 rings (SSSR count). The summed E-state index contributed by atoms with van der Waals surface area (Å²) in [5, 5.41) is 0. The molecule has 0 amide bonds. The van der Waals surface area contributed by atoms with Gasteiger partial charge in [-0.1, -0.05) is 231 Å². The maximum Gasteiger partial charge on any atom is 0.0665 e. The Bertz CT molecular complexity index is 1460. The smallest absolute Gasteiger partial charge is 0.0665 e. The molecule has 0 heterocycles.